The van der Waals surface area contributed by atoms with Crippen LogP contribution >= 0.6 is 15.9 Å². The molecule has 0 aliphatic carbocycles. The minimum absolute atomic E-state index is 0.415. The van der Waals surface area contributed by atoms with Gasteiger partial charge in [-0.2, -0.15) is 4.98 Å². The van der Waals surface area contributed by atoms with Gasteiger partial charge in [0.05, 0.1) is 13.0 Å². The summed E-state index contributed by atoms with van der Waals surface area (Å²) in [5.41, 5.74) is 1.16. The summed E-state index contributed by atoms with van der Waals surface area (Å²) in [5.74, 6) is 1.36. The van der Waals surface area contributed by atoms with Crippen LogP contribution in [0.3, 0.4) is 0 Å². The van der Waals surface area contributed by atoms with Crippen molar-refractivity contribution in [3.05, 3.63) is 46.0 Å². The third-order valence-electron chi connectivity index (χ3n) is 2.45. The smallest absolute Gasteiger partial charge is 0.231 e. The summed E-state index contributed by atoms with van der Waals surface area (Å²) in [6.45, 7) is 4.81. The zero-order valence-electron chi connectivity index (χ0n) is 10.5. The summed E-state index contributed by atoms with van der Waals surface area (Å²) >= 11 is 3.41. The molecule has 0 radical (unpaired) electrons. The first kappa shape index (κ1) is 13.2. The predicted octanol–water partition coefficient (Wildman–Crippen LogP) is 2.92. The lowest BCUT2D eigenvalue weighted by atomic mass is 10.1. The Hall–Kier alpha value is -1.20. The van der Waals surface area contributed by atoms with Crippen molar-refractivity contribution in [1.82, 2.24) is 15.5 Å². The highest BCUT2D eigenvalue weighted by Crippen LogP contribution is 2.13. The van der Waals surface area contributed by atoms with Gasteiger partial charge in [-0.25, -0.2) is 0 Å². The Kier molecular flexibility index (Phi) is 4.49. The van der Waals surface area contributed by atoms with E-state index in [1.54, 1.807) is 0 Å². The van der Waals surface area contributed by atoms with Crippen molar-refractivity contribution in [2.75, 3.05) is 0 Å². The van der Waals surface area contributed by atoms with Crippen LogP contribution in [-0.2, 0) is 13.0 Å². The van der Waals surface area contributed by atoms with Gasteiger partial charge >= 0.3 is 0 Å². The highest BCUT2D eigenvalue weighted by Gasteiger charge is 2.07. The quantitative estimate of drug-likeness (QED) is 0.922. The van der Waals surface area contributed by atoms with Crippen molar-refractivity contribution in [1.29, 1.82) is 0 Å². The summed E-state index contributed by atoms with van der Waals surface area (Å²) in [7, 11) is 0. The van der Waals surface area contributed by atoms with Crippen molar-refractivity contribution in [2.45, 2.75) is 32.9 Å². The molecule has 0 aliphatic heterocycles. The fraction of sp³-hybridized carbons (Fsp3) is 0.385. The molecule has 0 bridgehead atoms. The number of rotatable bonds is 5. The molecule has 0 spiro atoms. The van der Waals surface area contributed by atoms with Crippen LogP contribution < -0.4 is 5.32 Å². The van der Waals surface area contributed by atoms with Crippen molar-refractivity contribution >= 4 is 15.9 Å². The Labute approximate surface area is 115 Å². The number of hydrogen-bond donors (Lipinski definition) is 1. The topological polar surface area (TPSA) is 51.0 Å². The molecule has 2 aromatic rings. The summed E-state index contributed by atoms with van der Waals surface area (Å²) in [5, 5.41) is 7.20. The molecule has 1 aromatic heterocycles. The van der Waals surface area contributed by atoms with Gasteiger partial charge in [0.1, 0.15) is 0 Å². The van der Waals surface area contributed by atoms with Gasteiger partial charge in [-0.1, -0.05) is 47.1 Å². The molecule has 1 aromatic carbocycles. The SMILES string of the molecule is CC(C)NCc1noc(Cc2ccc(Br)cc2)n1. The van der Waals surface area contributed by atoms with Crippen LogP contribution in [0.25, 0.3) is 0 Å². The molecule has 1 N–H and O–H groups in total. The van der Waals surface area contributed by atoms with Gasteiger partial charge < -0.3 is 9.84 Å². The molecule has 0 saturated carbocycles. The number of halogens is 1. The second-order valence-corrected chi connectivity index (χ2v) is 5.36. The molecule has 0 aliphatic rings. The van der Waals surface area contributed by atoms with E-state index >= 15 is 0 Å². The normalized spacial score (nSPS) is 11.1. The van der Waals surface area contributed by atoms with Crippen LogP contribution in [0.2, 0.25) is 0 Å². The Balaban J connectivity index is 1.95. The van der Waals surface area contributed by atoms with Crippen molar-refractivity contribution in [3.8, 4) is 0 Å². The van der Waals surface area contributed by atoms with E-state index in [2.05, 4.69) is 45.2 Å². The molecule has 0 unspecified atom stereocenters. The maximum atomic E-state index is 5.22. The van der Waals surface area contributed by atoms with E-state index in [1.807, 2.05) is 24.3 Å². The van der Waals surface area contributed by atoms with Gasteiger partial charge in [-0.3, -0.25) is 0 Å². The van der Waals surface area contributed by atoms with E-state index in [0.29, 0.717) is 30.7 Å². The molecule has 96 valence electrons. The molecular weight excluding hydrogens is 294 g/mol. The van der Waals surface area contributed by atoms with Crippen LogP contribution in [0.15, 0.2) is 33.3 Å². The molecule has 18 heavy (non-hydrogen) atoms. The highest BCUT2D eigenvalue weighted by molar-refractivity contribution is 9.10. The molecule has 0 atom stereocenters. The molecular formula is C13H16BrN3O. The first-order valence-corrected chi connectivity index (χ1v) is 6.72. The van der Waals surface area contributed by atoms with E-state index in [1.165, 1.54) is 0 Å². The summed E-state index contributed by atoms with van der Waals surface area (Å²) < 4.78 is 6.29. The monoisotopic (exact) mass is 309 g/mol. The lowest BCUT2D eigenvalue weighted by Gasteiger charge is -2.03. The van der Waals surface area contributed by atoms with E-state index in [-0.39, 0.29) is 0 Å². The second kappa shape index (κ2) is 6.11. The summed E-state index contributed by atoms with van der Waals surface area (Å²) in [4.78, 5) is 4.35. The van der Waals surface area contributed by atoms with E-state index < -0.39 is 0 Å². The van der Waals surface area contributed by atoms with Crippen LogP contribution in [0, 0.1) is 0 Å². The number of benzene rings is 1. The first-order chi connectivity index (χ1) is 8.63. The van der Waals surface area contributed by atoms with Gasteiger partial charge in [0.25, 0.3) is 0 Å². The molecule has 2 rings (SSSR count). The van der Waals surface area contributed by atoms with Crippen molar-refractivity contribution in [2.24, 2.45) is 0 Å². The van der Waals surface area contributed by atoms with E-state index in [4.69, 9.17) is 4.52 Å². The third kappa shape index (κ3) is 3.92. The van der Waals surface area contributed by atoms with E-state index in [0.717, 1.165) is 10.0 Å². The number of aromatic nitrogens is 2. The average Bonchev–Trinajstić information content (AvgIpc) is 2.77. The maximum absolute atomic E-state index is 5.22. The van der Waals surface area contributed by atoms with Gasteiger partial charge in [0.15, 0.2) is 5.82 Å². The van der Waals surface area contributed by atoms with Gasteiger partial charge in [-0.05, 0) is 17.7 Å². The zero-order chi connectivity index (χ0) is 13.0. The fourth-order valence-corrected chi connectivity index (χ4v) is 1.77. The number of hydrogen-bond acceptors (Lipinski definition) is 4. The van der Waals surface area contributed by atoms with Crippen LogP contribution in [-0.4, -0.2) is 16.2 Å². The first-order valence-electron chi connectivity index (χ1n) is 5.93. The standard InChI is InChI=1S/C13H16BrN3O/c1-9(2)15-8-12-16-13(18-17-12)7-10-3-5-11(14)6-4-10/h3-6,9,15H,7-8H2,1-2H3. The number of nitrogens with zero attached hydrogens (tertiary/aromatic N) is 2. The largest absolute Gasteiger partial charge is 0.339 e. The lowest BCUT2D eigenvalue weighted by molar-refractivity contribution is 0.376. The van der Waals surface area contributed by atoms with Crippen LogP contribution in [0.1, 0.15) is 31.1 Å². The molecule has 0 fully saturated rings. The van der Waals surface area contributed by atoms with Gasteiger partial charge in [-0.15, -0.1) is 0 Å². The van der Waals surface area contributed by atoms with Crippen LogP contribution in [0.4, 0.5) is 0 Å². The Morgan fingerprint density at radius 3 is 2.67 bits per heavy atom. The molecule has 0 saturated heterocycles. The Bertz CT molecular complexity index is 493. The van der Waals surface area contributed by atoms with Crippen molar-refractivity contribution < 1.29 is 4.52 Å². The predicted molar refractivity (Wildman–Crippen MR) is 73.2 cm³/mol. The number of nitrogens with one attached hydrogen (secondary N) is 1. The fourth-order valence-electron chi connectivity index (χ4n) is 1.51. The maximum Gasteiger partial charge on any atom is 0.231 e. The lowest BCUT2D eigenvalue weighted by Crippen LogP contribution is -2.22. The Morgan fingerprint density at radius 1 is 1.28 bits per heavy atom. The summed E-state index contributed by atoms with van der Waals surface area (Å²) in [6, 6.07) is 8.51. The Morgan fingerprint density at radius 2 is 2.00 bits per heavy atom. The van der Waals surface area contributed by atoms with Gasteiger partial charge in [0, 0.05) is 10.5 Å². The molecule has 0 amide bonds. The van der Waals surface area contributed by atoms with Gasteiger partial charge in [0.2, 0.25) is 5.89 Å². The average molecular weight is 310 g/mol. The second-order valence-electron chi connectivity index (χ2n) is 4.44. The zero-order valence-corrected chi connectivity index (χ0v) is 12.1. The third-order valence-corrected chi connectivity index (χ3v) is 2.98. The molecule has 4 nitrogen and oxygen atoms in total. The molecule has 1 heterocycles. The van der Waals surface area contributed by atoms with Crippen LogP contribution in [0.5, 0.6) is 0 Å². The van der Waals surface area contributed by atoms with Crippen molar-refractivity contribution in [3.63, 3.8) is 0 Å². The highest BCUT2D eigenvalue weighted by atomic mass is 79.9. The minimum atomic E-state index is 0.415. The molecule has 5 heteroatoms. The minimum Gasteiger partial charge on any atom is -0.339 e. The van der Waals surface area contributed by atoms with E-state index in [9.17, 15) is 0 Å². The summed E-state index contributed by atoms with van der Waals surface area (Å²) in [6.07, 6.45) is 0.669.